The zero-order valence-electron chi connectivity index (χ0n) is 19.8. The third kappa shape index (κ3) is 4.28. The van der Waals surface area contributed by atoms with Crippen LogP contribution >= 0.6 is 0 Å². The standard InChI is InChI=1S/C29H28N4O2/c1-20-6-11-28-31-23(18-33(28)17-20)19-35-24-9-7-22(8-10-24)29(34)32-14-12-21(13-15-32)26-16-30-27-5-3-2-4-25(26)27/h2-11,16-18,21,30H,12-15,19H2,1H3. The van der Waals surface area contributed by atoms with E-state index in [4.69, 9.17) is 4.74 Å². The number of ether oxygens (including phenoxy) is 1. The maximum absolute atomic E-state index is 13.1. The minimum Gasteiger partial charge on any atom is -0.487 e. The molecule has 5 aromatic rings. The molecule has 6 nitrogen and oxygen atoms in total. The van der Waals surface area contributed by atoms with E-state index in [2.05, 4.69) is 53.6 Å². The van der Waals surface area contributed by atoms with E-state index in [1.165, 1.54) is 22.0 Å². The Hall–Kier alpha value is -4.06. The van der Waals surface area contributed by atoms with Crippen LogP contribution in [0.25, 0.3) is 16.6 Å². The van der Waals surface area contributed by atoms with Crippen molar-refractivity contribution < 1.29 is 9.53 Å². The highest BCUT2D eigenvalue weighted by Gasteiger charge is 2.26. The Bertz CT molecular complexity index is 1490. The third-order valence-electron chi connectivity index (χ3n) is 6.98. The smallest absolute Gasteiger partial charge is 0.253 e. The van der Waals surface area contributed by atoms with E-state index in [-0.39, 0.29) is 5.91 Å². The predicted molar refractivity (Wildman–Crippen MR) is 137 cm³/mol. The van der Waals surface area contributed by atoms with Gasteiger partial charge in [-0.25, -0.2) is 4.98 Å². The van der Waals surface area contributed by atoms with Gasteiger partial charge in [0.2, 0.25) is 0 Å². The average molecular weight is 465 g/mol. The molecule has 1 N–H and O–H groups in total. The first-order valence-electron chi connectivity index (χ1n) is 12.2. The molecule has 6 heteroatoms. The second kappa shape index (κ2) is 8.95. The predicted octanol–water partition coefficient (Wildman–Crippen LogP) is 5.72. The number of para-hydroxylation sites is 1. The number of H-pyrrole nitrogens is 1. The summed E-state index contributed by atoms with van der Waals surface area (Å²) in [6, 6.07) is 19.9. The highest BCUT2D eigenvalue weighted by atomic mass is 16.5. The maximum atomic E-state index is 13.1. The molecule has 0 radical (unpaired) electrons. The molecule has 0 spiro atoms. The van der Waals surface area contributed by atoms with Crippen LogP contribution in [0.4, 0.5) is 0 Å². The maximum Gasteiger partial charge on any atom is 0.253 e. The topological polar surface area (TPSA) is 62.6 Å². The highest BCUT2D eigenvalue weighted by Crippen LogP contribution is 2.33. The minimum absolute atomic E-state index is 0.0876. The molecule has 0 unspecified atom stereocenters. The fraction of sp³-hybridized carbons (Fsp3) is 0.241. The third-order valence-corrected chi connectivity index (χ3v) is 6.98. The van der Waals surface area contributed by atoms with E-state index in [0.717, 1.165) is 43.0 Å². The molecule has 3 aromatic heterocycles. The van der Waals surface area contributed by atoms with E-state index in [1.807, 2.05) is 51.9 Å². The first-order chi connectivity index (χ1) is 17.1. The number of fused-ring (bicyclic) bond motifs is 2. The van der Waals surface area contributed by atoms with Gasteiger partial charge >= 0.3 is 0 Å². The van der Waals surface area contributed by atoms with Crippen LogP contribution in [0.15, 0.2) is 79.3 Å². The van der Waals surface area contributed by atoms with Crippen molar-refractivity contribution >= 4 is 22.5 Å². The summed E-state index contributed by atoms with van der Waals surface area (Å²) in [5.74, 6) is 1.30. The van der Waals surface area contributed by atoms with Gasteiger partial charge in [-0.1, -0.05) is 24.3 Å². The van der Waals surface area contributed by atoms with Crippen molar-refractivity contribution in [1.82, 2.24) is 19.3 Å². The molecule has 2 aromatic carbocycles. The highest BCUT2D eigenvalue weighted by molar-refractivity contribution is 5.94. The van der Waals surface area contributed by atoms with Crippen molar-refractivity contribution in [2.24, 2.45) is 0 Å². The minimum atomic E-state index is 0.0876. The van der Waals surface area contributed by atoms with Gasteiger partial charge in [0.1, 0.15) is 18.0 Å². The molecule has 6 rings (SSSR count). The fourth-order valence-corrected chi connectivity index (χ4v) is 5.08. The van der Waals surface area contributed by atoms with E-state index in [0.29, 0.717) is 18.1 Å². The fourth-order valence-electron chi connectivity index (χ4n) is 5.08. The number of pyridine rings is 1. The Morgan fingerprint density at radius 1 is 1.03 bits per heavy atom. The normalized spacial score (nSPS) is 14.6. The first kappa shape index (κ1) is 21.5. The van der Waals surface area contributed by atoms with E-state index >= 15 is 0 Å². The Morgan fingerprint density at radius 3 is 2.66 bits per heavy atom. The molecule has 1 saturated heterocycles. The molecule has 1 aliphatic rings. The number of hydrogen-bond donors (Lipinski definition) is 1. The summed E-state index contributed by atoms with van der Waals surface area (Å²) >= 11 is 0. The first-order valence-corrected chi connectivity index (χ1v) is 12.2. The lowest BCUT2D eigenvalue weighted by molar-refractivity contribution is 0.0713. The molecule has 0 saturated carbocycles. The van der Waals surface area contributed by atoms with Crippen molar-refractivity contribution in [3.63, 3.8) is 0 Å². The van der Waals surface area contributed by atoms with Crippen molar-refractivity contribution in [1.29, 1.82) is 0 Å². The second-order valence-corrected chi connectivity index (χ2v) is 9.37. The number of likely N-dealkylation sites (tertiary alicyclic amines) is 1. The molecule has 0 aliphatic carbocycles. The number of benzene rings is 2. The number of rotatable bonds is 5. The van der Waals surface area contributed by atoms with Crippen LogP contribution in [-0.2, 0) is 6.61 Å². The van der Waals surface area contributed by atoms with Gasteiger partial charge in [-0.05, 0) is 73.2 Å². The molecule has 1 aliphatic heterocycles. The molecule has 0 atom stereocenters. The van der Waals surface area contributed by atoms with Crippen molar-refractivity contribution in [2.45, 2.75) is 32.3 Å². The lowest BCUT2D eigenvalue weighted by Gasteiger charge is -2.32. The number of hydrogen-bond acceptors (Lipinski definition) is 3. The van der Waals surface area contributed by atoms with Crippen LogP contribution in [-0.4, -0.2) is 38.3 Å². The molecule has 1 fully saturated rings. The molecule has 176 valence electrons. The molecular formula is C29H28N4O2. The van der Waals surface area contributed by atoms with Gasteiger partial charge < -0.3 is 19.0 Å². The molecule has 4 heterocycles. The van der Waals surface area contributed by atoms with Gasteiger partial charge in [-0.15, -0.1) is 0 Å². The van der Waals surface area contributed by atoms with Crippen molar-refractivity contribution in [2.75, 3.05) is 13.1 Å². The lowest BCUT2D eigenvalue weighted by Crippen LogP contribution is -2.37. The number of amides is 1. The summed E-state index contributed by atoms with van der Waals surface area (Å²) in [4.78, 5) is 23.0. The average Bonchev–Trinajstić information content (AvgIpc) is 3.51. The zero-order valence-corrected chi connectivity index (χ0v) is 19.8. The number of piperidine rings is 1. The number of carbonyl (C=O) groups is 1. The summed E-state index contributed by atoms with van der Waals surface area (Å²) < 4.78 is 7.93. The largest absolute Gasteiger partial charge is 0.487 e. The van der Waals surface area contributed by atoms with Gasteiger partial charge in [-0.2, -0.15) is 0 Å². The summed E-state index contributed by atoms with van der Waals surface area (Å²) in [5.41, 5.74) is 6.21. The van der Waals surface area contributed by atoms with Crippen LogP contribution in [0.5, 0.6) is 5.75 Å². The Kier molecular flexibility index (Phi) is 5.49. The molecular weight excluding hydrogens is 436 g/mol. The number of aryl methyl sites for hydroxylation is 1. The number of nitrogens with zero attached hydrogens (tertiary/aromatic N) is 3. The molecule has 0 bridgehead atoms. The van der Waals surface area contributed by atoms with Gasteiger partial charge in [0.15, 0.2) is 0 Å². The number of imidazole rings is 1. The Labute approximate surface area is 204 Å². The van der Waals surface area contributed by atoms with Gasteiger partial charge in [0.05, 0.1) is 5.69 Å². The number of aromatic amines is 1. The Morgan fingerprint density at radius 2 is 1.83 bits per heavy atom. The van der Waals surface area contributed by atoms with E-state index in [9.17, 15) is 4.79 Å². The van der Waals surface area contributed by atoms with Crippen molar-refractivity contribution in [3.05, 3.63) is 102 Å². The summed E-state index contributed by atoms with van der Waals surface area (Å²) in [5, 5.41) is 1.30. The van der Waals surface area contributed by atoms with Crippen LogP contribution in [0, 0.1) is 6.92 Å². The van der Waals surface area contributed by atoms with E-state index < -0.39 is 0 Å². The lowest BCUT2D eigenvalue weighted by atomic mass is 9.89. The quantitative estimate of drug-likeness (QED) is 0.362. The van der Waals surface area contributed by atoms with Gasteiger partial charge in [-0.3, -0.25) is 4.79 Å². The van der Waals surface area contributed by atoms with Crippen LogP contribution in [0.3, 0.4) is 0 Å². The van der Waals surface area contributed by atoms with Gasteiger partial charge in [0.25, 0.3) is 5.91 Å². The van der Waals surface area contributed by atoms with Crippen LogP contribution in [0.2, 0.25) is 0 Å². The molecule has 35 heavy (non-hydrogen) atoms. The van der Waals surface area contributed by atoms with Crippen LogP contribution < -0.4 is 4.74 Å². The monoisotopic (exact) mass is 464 g/mol. The van der Waals surface area contributed by atoms with Gasteiger partial charge in [0, 0.05) is 48.1 Å². The number of aromatic nitrogens is 3. The summed E-state index contributed by atoms with van der Waals surface area (Å²) in [6.45, 7) is 3.99. The van der Waals surface area contributed by atoms with Crippen molar-refractivity contribution in [3.8, 4) is 5.75 Å². The molecule has 1 amide bonds. The van der Waals surface area contributed by atoms with E-state index in [1.54, 1.807) is 0 Å². The second-order valence-electron chi connectivity index (χ2n) is 9.37. The Balaban J connectivity index is 1.06. The summed E-state index contributed by atoms with van der Waals surface area (Å²) in [6.07, 6.45) is 8.13. The SMILES string of the molecule is Cc1ccc2nc(COc3ccc(C(=O)N4CCC(c5c[nH]c6ccccc56)CC4)cc3)cn2c1. The zero-order chi connectivity index (χ0) is 23.8. The number of carbonyl (C=O) groups excluding carboxylic acids is 1. The van der Waals surface area contributed by atoms with Crippen LogP contribution in [0.1, 0.15) is 45.9 Å². The summed E-state index contributed by atoms with van der Waals surface area (Å²) in [7, 11) is 0. The number of nitrogens with one attached hydrogen (secondary N) is 1.